The van der Waals surface area contributed by atoms with Crippen LogP contribution in [0, 0.1) is 10.8 Å². The summed E-state index contributed by atoms with van der Waals surface area (Å²) < 4.78 is 0. The highest BCUT2D eigenvalue weighted by Crippen LogP contribution is 2.42. The van der Waals surface area contributed by atoms with Crippen LogP contribution >= 0.6 is 0 Å². The van der Waals surface area contributed by atoms with Gasteiger partial charge in [-0.05, 0) is 63.8 Å². The molecule has 0 spiro atoms. The zero-order valence-electron chi connectivity index (χ0n) is 26.9. The first-order chi connectivity index (χ1) is 19.5. The first-order valence-electron chi connectivity index (χ1n) is 14.5. The summed E-state index contributed by atoms with van der Waals surface area (Å²) in [6.45, 7) is 19.2. The minimum absolute atomic E-state index is 0.189. The van der Waals surface area contributed by atoms with E-state index in [0.717, 1.165) is 33.4 Å². The normalized spacial score (nSPS) is 24.6. The van der Waals surface area contributed by atoms with Gasteiger partial charge >= 0.3 is 0 Å². The van der Waals surface area contributed by atoms with Gasteiger partial charge in [0.2, 0.25) is 0 Å². The molecule has 4 nitrogen and oxygen atoms in total. The monoisotopic (exact) mass is 568 g/mol. The minimum atomic E-state index is -0.978. The molecule has 224 valence electrons. The van der Waals surface area contributed by atoms with E-state index in [-0.39, 0.29) is 11.6 Å². The van der Waals surface area contributed by atoms with Gasteiger partial charge in [0.15, 0.2) is 11.6 Å². The molecule has 4 heteroatoms. The lowest BCUT2D eigenvalue weighted by Crippen LogP contribution is -2.30. The molecule has 0 saturated heterocycles. The van der Waals surface area contributed by atoms with Crippen LogP contribution in [0.25, 0.3) is 0 Å². The summed E-state index contributed by atoms with van der Waals surface area (Å²) in [6.07, 6.45) is 26.1. The fourth-order valence-electron chi connectivity index (χ4n) is 5.04. The van der Waals surface area contributed by atoms with Crippen molar-refractivity contribution in [3.8, 4) is 0 Å². The Morgan fingerprint density at radius 3 is 1.12 bits per heavy atom. The molecule has 0 heterocycles. The summed E-state index contributed by atoms with van der Waals surface area (Å²) in [6, 6.07) is 0. The van der Waals surface area contributed by atoms with Gasteiger partial charge in [0.05, 0.1) is 0 Å². The maximum Gasteiger partial charge on any atom is 0.188 e. The molecule has 42 heavy (non-hydrogen) atoms. The van der Waals surface area contributed by atoms with Crippen LogP contribution in [0.3, 0.4) is 0 Å². The largest absolute Gasteiger partial charge is 0.384 e. The molecule has 0 saturated carbocycles. The Labute approximate surface area is 253 Å². The van der Waals surface area contributed by atoms with Gasteiger partial charge < -0.3 is 10.2 Å². The Kier molecular flexibility index (Phi) is 12.0. The lowest BCUT2D eigenvalue weighted by atomic mass is 9.83. The fraction of sp³-hybridized carbons (Fsp3) is 0.368. The number of ketones is 2. The van der Waals surface area contributed by atoms with Crippen molar-refractivity contribution >= 4 is 11.6 Å². The average molecular weight is 569 g/mol. The third-order valence-electron chi connectivity index (χ3n) is 8.09. The number of hydrogen-bond donors (Lipinski definition) is 2. The van der Waals surface area contributed by atoms with Crippen LogP contribution in [0.4, 0.5) is 0 Å². The first-order valence-corrected chi connectivity index (χ1v) is 14.5. The summed E-state index contributed by atoms with van der Waals surface area (Å²) in [5.41, 5.74) is 6.21. The second kappa shape index (κ2) is 14.5. The summed E-state index contributed by atoms with van der Waals surface area (Å²) in [7, 11) is 0. The third-order valence-corrected chi connectivity index (χ3v) is 8.09. The van der Waals surface area contributed by atoms with Crippen molar-refractivity contribution in [2.24, 2.45) is 10.8 Å². The van der Waals surface area contributed by atoms with E-state index in [0.29, 0.717) is 11.1 Å². The van der Waals surface area contributed by atoms with E-state index in [4.69, 9.17) is 0 Å². The van der Waals surface area contributed by atoms with Crippen molar-refractivity contribution in [1.82, 2.24) is 0 Å². The van der Waals surface area contributed by atoms with Gasteiger partial charge in [-0.15, -0.1) is 0 Å². The van der Waals surface area contributed by atoms with Gasteiger partial charge in [0, 0.05) is 10.8 Å². The number of aliphatic hydroxyl groups excluding tert-OH is 2. The number of Topliss-reactive ketones (excluding diaryl/α,β-unsaturated/α-hetero) is 2. The van der Waals surface area contributed by atoms with Crippen LogP contribution in [0.2, 0.25) is 0 Å². The number of hydrogen-bond acceptors (Lipinski definition) is 4. The molecule has 2 rings (SSSR count). The third kappa shape index (κ3) is 8.47. The van der Waals surface area contributed by atoms with Gasteiger partial charge in [-0.1, -0.05) is 135 Å². The van der Waals surface area contributed by atoms with Crippen molar-refractivity contribution in [3.05, 3.63) is 130 Å². The Balaban J connectivity index is 1.92. The van der Waals surface area contributed by atoms with Crippen LogP contribution in [-0.4, -0.2) is 34.0 Å². The smallest absolute Gasteiger partial charge is 0.188 e. The molecule has 0 aliphatic heterocycles. The topological polar surface area (TPSA) is 74.6 Å². The van der Waals surface area contributed by atoms with Crippen molar-refractivity contribution < 1.29 is 19.8 Å². The van der Waals surface area contributed by atoms with Crippen LogP contribution in [0.1, 0.15) is 69.2 Å². The van der Waals surface area contributed by atoms with Crippen molar-refractivity contribution in [2.45, 2.75) is 81.4 Å². The number of carbonyl (C=O) groups excluding carboxylic acids is 2. The lowest BCUT2D eigenvalue weighted by Gasteiger charge is -2.24. The molecule has 0 aromatic rings. The summed E-state index contributed by atoms with van der Waals surface area (Å²) in [5, 5.41) is 20.4. The van der Waals surface area contributed by atoms with Gasteiger partial charge in [0.25, 0.3) is 0 Å². The predicted molar refractivity (Wildman–Crippen MR) is 176 cm³/mol. The van der Waals surface area contributed by atoms with Gasteiger partial charge in [-0.3, -0.25) is 9.59 Å². The van der Waals surface area contributed by atoms with E-state index < -0.39 is 23.0 Å². The predicted octanol–water partition coefficient (Wildman–Crippen LogP) is 8.13. The molecule has 2 aliphatic rings. The Hall–Kier alpha value is -3.60. The van der Waals surface area contributed by atoms with E-state index in [2.05, 4.69) is 0 Å². The molecule has 0 fully saturated rings. The molecule has 0 radical (unpaired) electrons. The number of rotatable bonds is 10. The van der Waals surface area contributed by atoms with Gasteiger partial charge in [-0.2, -0.15) is 0 Å². The zero-order valence-corrected chi connectivity index (χ0v) is 26.9. The van der Waals surface area contributed by atoms with Gasteiger partial charge in [-0.25, -0.2) is 0 Å². The molecule has 2 N–H and O–H groups in total. The Morgan fingerprint density at radius 2 is 0.833 bits per heavy atom. The van der Waals surface area contributed by atoms with Crippen LogP contribution in [0.5, 0.6) is 0 Å². The highest BCUT2D eigenvalue weighted by atomic mass is 16.3. The van der Waals surface area contributed by atoms with E-state index in [9.17, 15) is 19.8 Å². The highest BCUT2D eigenvalue weighted by Gasteiger charge is 2.44. The maximum absolute atomic E-state index is 12.1. The zero-order chi connectivity index (χ0) is 31.8. The van der Waals surface area contributed by atoms with Crippen LogP contribution in [0.15, 0.2) is 130 Å². The van der Waals surface area contributed by atoms with Crippen molar-refractivity contribution in [2.75, 3.05) is 0 Å². The first kappa shape index (κ1) is 34.6. The molecule has 2 unspecified atom stereocenters. The SMILES string of the molecule is CC(C=CC=C(C)C=CC1=C(C)C(=O)C(O)C1(C)C)=CC=CC=C(C)C=CC=C(C)C=CC1=C(C)C(=O)C(O)C1(C)C. The second-order valence-electron chi connectivity index (χ2n) is 12.5. The molecule has 0 aromatic carbocycles. The van der Waals surface area contributed by atoms with Crippen molar-refractivity contribution in [3.63, 3.8) is 0 Å². The van der Waals surface area contributed by atoms with E-state index in [1.807, 2.05) is 140 Å². The fourth-order valence-corrected chi connectivity index (χ4v) is 5.04. The average Bonchev–Trinajstić information content (AvgIpc) is 3.16. The van der Waals surface area contributed by atoms with E-state index in [1.54, 1.807) is 13.8 Å². The van der Waals surface area contributed by atoms with E-state index >= 15 is 0 Å². The standard InChI is InChI=1S/C38H48O4/c1-25(17-13-19-27(3)21-23-31-29(5)33(39)35(41)37(31,7)8)15-11-12-16-26(2)18-14-20-28(4)22-24-32-30(6)34(40)36(42)38(32,9)10/h11-24,35-36,41-42H,1-10H3. The second-order valence-corrected chi connectivity index (χ2v) is 12.5. The molecule has 0 bridgehead atoms. The Bertz CT molecular complexity index is 1310. The highest BCUT2D eigenvalue weighted by molar-refractivity contribution is 6.04. The quantitative estimate of drug-likeness (QED) is 0.261. The summed E-state index contributed by atoms with van der Waals surface area (Å²) >= 11 is 0. The Morgan fingerprint density at radius 1 is 0.548 bits per heavy atom. The number of allylic oxidation sites excluding steroid dienone is 18. The summed E-state index contributed by atoms with van der Waals surface area (Å²) in [5.74, 6) is -0.378. The molecule has 0 aromatic heterocycles. The number of aliphatic hydroxyl groups is 2. The summed E-state index contributed by atoms with van der Waals surface area (Å²) in [4.78, 5) is 24.3. The molecular formula is C38H48O4. The van der Waals surface area contributed by atoms with Crippen LogP contribution < -0.4 is 0 Å². The number of carbonyl (C=O) groups is 2. The molecule has 2 atom stereocenters. The molecule has 0 amide bonds. The van der Waals surface area contributed by atoms with E-state index in [1.165, 1.54) is 0 Å². The minimum Gasteiger partial charge on any atom is -0.384 e. The molecule has 2 aliphatic carbocycles. The van der Waals surface area contributed by atoms with Gasteiger partial charge in [0.1, 0.15) is 12.2 Å². The van der Waals surface area contributed by atoms with Crippen molar-refractivity contribution in [1.29, 1.82) is 0 Å². The maximum atomic E-state index is 12.1. The lowest BCUT2D eigenvalue weighted by molar-refractivity contribution is -0.126. The molecular weight excluding hydrogens is 520 g/mol. The van der Waals surface area contributed by atoms with Crippen LogP contribution in [-0.2, 0) is 9.59 Å².